The summed E-state index contributed by atoms with van der Waals surface area (Å²) in [5, 5.41) is 0. The van der Waals surface area contributed by atoms with Crippen LogP contribution in [0.4, 0.5) is 0 Å². The summed E-state index contributed by atoms with van der Waals surface area (Å²) in [7, 11) is 0. The van der Waals surface area contributed by atoms with Gasteiger partial charge in [-0.05, 0) is 17.6 Å². The fraction of sp³-hybridized carbons (Fsp3) is 0.357. The quantitative estimate of drug-likeness (QED) is 0.723. The second-order valence-electron chi connectivity index (χ2n) is 4.23. The first-order chi connectivity index (χ1) is 8.13. The molecule has 0 aliphatic heterocycles. The van der Waals surface area contributed by atoms with E-state index in [-0.39, 0.29) is 10.6 Å². The molecule has 1 aromatic rings. The molecule has 1 aliphatic carbocycles. The lowest BCUT2D eigenvalue weighted by atomic mass is 9.89. The van der Waals surface area contributed by atoms with Crippen molar-refractivity contribution in [3.8, 4) is 0 Å². The van der Waals surface area contributed by atoms with E-state index in [0.29, 0.717) is 11.2 Å². The van der Waals surface area contributed by atoms with E-state index in [9.17, 15) is 4.79 Å². The predicted octanol–water partition coefficient (Wildman–Crippen LogP) is 4.59. The fourth-order valence-electron chi connectivity index (χ4n) is 2.02. The van der Waals surface area contributed by atoms with Crippen molar-refractivity contribution in [2.24, 2.45) is 0 Å². The molecule has 1 aromatic carbocycles. The number of carbonyl (C=O) groups excluding carboxylic acids is 1. The average molecular weight is 358 g/mol. The summed E-state index contributed by atoms with van der Waals surface area (Å²) in [5.74, 6) is 0.221. The summed E-state index contributed by atoms with van der Waals surface area (Å²) in [6, 6.07) is 7.79. The molecule has 0 fully saturated rings. The second-order valence-corrected chi connectivity index (χ2v) is 6.40. The van der Waals surface area contributed by atoms with Crippen molar-refractivity contribution in [1.82, 2.24) is 0 Å². The summed E-state index contributed by atoms with van der Waals surface area (Å²) in [4.78, 5) is 12.6. The maximum atomic E-state index is 12.0. The Balaban J connectivity index is 2.34. The molecule has 0 saturated heterocycles. The lowest BCUT2D eigenvalue weighted by molar-refractivity contribution is 0.0991. The maximum Gasteiger partial charge on any atom is 0.167 e. The second kappa shape index (κ2) is 5.49. The summed E-state index contributed by atoms with van der Waals surface area (Å²) >= 11 is 7.32. The van der Waals surface area contributed by atoms with Crippen LogP contribution in [0.1, 0.15) is 35.7 Å². The van der Waals surface area contributed by atoms with Crippen molar-refractivity contribution in [3.63, 3.8) is 0 Å². The third-order valence-corrected chi connectivity index (χ3v) is 6.14. The molecule has 0 N–H and O–H groups in total. The van der Waals surface area contributed by atoms with Crippen LogP contribution in [0.15, 0.2) is 29.8 Å². The van der Waals surface area contributed by atoms with Gasteiger partial charge in [0.1, 0.15) is 0 Å². The van der Waals surface area contributed by atoms with Crippen molar-refractivity contribution in [2.45, 2.75) is 29.4 Å². The molecule has 1 aliphatic rings. The van der Waals surface area contributed by atoms with E-state index in [1.165, 1.54) is 0 Å². The minimum atomic E-state index is 0.221. The summed E-state index contributed by atoms with van der Waals surface area (Å²) < 4.78 is 0. The number of fused-ring (bicyclic) bond motifs is 1. The number of halogens is 2. The van der Waals surface area contributed by atoms with Crippen molar-refractivity contribution in [2.75, 3.05) is 0 Å². The number of rotatable bonds is 3. The summed E-state index contributed by atoms with van der Waals surface area (Å²) in [5.41, 5.74) is 3.05. The van der Waals surface area contributed by atoms with Crippen molar-refractivity contribution in [3.05, 3.63) is 41.0 Å². The Kier molecular flexibility index (Phi) is 4.21. The molecule has 17 heavy (non-hydrogen) atoms. The Bertz CT molecular complexity index is 465. The lowest BCUT2D eigenvalue weighted by Crippen LogP contribution is -2.20. The van der Waals surface area contributed by atoms with Crippen LogP contribution >= 0.6 is 31.9 Å². The standard InChI is InChI=1S/C14H14Br2O/c1-2-12(15)14(16)10-7-9-5-3-4-6-11(9)13(17)8-10/h3-7,12,14H,2,8H2,1H3. The topological polar surface area (TPSA) is 17.1 Å². The van der Waals surface area contributed by atoms with E-state index in [2.05, 4.69) is 44.9 Å². The first-order valence-corrected chi connectivity index (χ1v) is 7.57. The van der Waals surface area contributed by atoms with Crippen LogP contribution < -0.4 is 0 Å². The van der Waals surface area contributed by atoms with Gasteiger partial charge >= 0.3 is 0 Å². The van der Waals surface area contributed by atoms with Crippen molar-refractivity contribution in [1.29, 1.82) is 0 Å². The number of hydrogen-bond acceptors (Lipinski definition) is 1. The van der Waals surface area contributed by atoms with Gasteiger partial charge in [0.2, 0.25) is 0 Å². The Hall–Kier alpha value is -0.410. The zero-order valence-corrected chi connectivity index (χ0v) is 12.8. The molecule has 90 valence electrons. The van der Waals surface area contributed by atoms with Crippen LogP contribution in [0, 0.1) is 0 Å². The third-order valence-electron chi connectivity index (χ3n) is 3.03. The molecule has 0 saturated carbocycles. The number of Topliss-reactive ketones (excluding diaryl/α,β-unsaturated/α-hetero) is 1. The number of benzene rings is 1. The highest BCUT2D eigenvalue weighted by molar-refractivity contribution is 9.12. The zero-order chi connectivity index (χ0) is 12.4. The number of allylic oxidation sites excluding steroid dienone is 1. The molecule has 2 unspecified atom stereocenters. The van der Waals surface area contributed by atoms with Crippen LogP contribution in [0.25, 0.3) is 6.08 Å². The van der Waals surface area contributed by atoms with Gasteiger partial charge in [0.05, 0.1) is 0 Å². The highest BCUT2D eigenvalue weighted by Gasteiger charge is 2.25. The number of alkyl halides is 2. The Morgan fingerprint density at radius 2 is 2.00 bits per heavy atom. The molecule has 1 nitrogen and oxygen atoms in total. The smallest absolute Gasteiger partial charge is 0.167 e. The fourth-order valence-corrected chi connectivity index (χ4v) is 3.03. The van der Waals surface area contributed by atoms with Crippen LogP contribution in [-0.4, -0.2) is 15.4 Å². The molecule has 0 bridgehead atoms. The van der Waals surface area contributed by atoms with Crippen LogP contribution in [0.3, 0.4) is 0 Å². The lowest BCUT2D eigenvalue weighted by Gasteiger charge is -2.22. The van der Waals surface area contributed by atoms with E-state index < -0.39 is 0 Å². The van der Waals surface area contributed by atoms with Gasteiger partial charge in [0.25, 0.3) is 0 Å². The minimum Gasteiger partial charge on any atom is -0.294 e. The van der Waals surface area contributed by atoms with E-state index in [0.717, 1.165) is 23.1 Å². The first kappa shape index (κ1) is 13.0. The number of hydrogen-bond donors (Lipinski definition) is 0. The zero-order valence-electron chi connectivity index (χ0n) is 9.62. The van der Waals surface area contributed by atoms with Gasteiger partial charge in [0.15, 0.2) is 5.78 Å². The van der Waals surface area contributed by atoms with E-state index in [1.807, 2.05) is 24.3 Å². The Morgan fingerprint density at radius 3 is 2.71 bits per heavy atom. The van der Waals surface area contributed by atoms with Gasteiger partial charge in [-0.2, -0.15) is 0 Å². The van der Waals surface area contributed by atoms with Crippen LogP contribution in [0.5, 0.6) is 0 Å². The van der Waals surface area contributed by atoms with E-state index >= 15 is 0 Å². The molecule has 2 rings (SSSR count). The van der Waals surface area contributed by atoms with Gasteiger partial charge in [-0.25, -0.2) is 0 Å². The van der Waals surface area contributed by atoms with Gasteiger partial charge in [-0.3, -0.25) is 4.79 Å². The van der Waals surface area contributed by atoms with Gasteiger partial charge < -0.3 is 0 Å². The summed E-state index contributed by atoms with van der Waals surface area (Å²) in [6.45, 7) is 2.13. The predicted molar refractivity (Wildman–Crippen MR) is 79.1 cm³/mol. The molecule has 3 heteroatoms. The number of ketones is 1. The van der Waals surface area contributed by atoms with Crippen LogP contribution in [0.2, 0.25) is 0 Å². The molecule has 0 amide bonds. The Labute approximate surface area is 119 Å². The van der Waals surface area contributed by atoms with E-state index in [4.69, 9.17) is 0 Å². The molecule has 0 radical (unpaired) electrons. The summed E-state index contributed by atoms with van der Waals surface area (Å²) in [6.07, 6.45) is 3.69. The highest BCUT2D eigenvalue weighted by Crippen LogP contribution is 2.32. The minimum absolute atomic E-state index is 0.221. The maximum absolute atomic E-state index is 12.0. The molecule has 0 aromatic heterocycles. The molecule has 0 spiro atoms. The molecular weight excluding hydrogens is 344 g/mol. The average Bonchev–Trinajstić information content (AvgIpc) is 2.37. The van der Waals surface area contributed by atoms with Crippen molar-refractivity contribution >= 4 is 43.7 Å². The highest BCUT2D eigenvalue weighted by atomic mass is 79.9. The van der Waals surface area contributed by atoms with Gasteiger partial charge in [0, 0.05) is 21.6 Å². The van der Waals surface area contributed by atoms with Gasteiger partial charge in [-0.15, -0.1) is 0 Å². The third kappa shape index (κ3) is 2.71. The number of carbonyl (C=O) groups is 1. The largest absolute Gasteiger partial charge is 0.294 e. The monoisotopic (exact) mass is 356 g/mol. The van der Waals surface area contributed by atoms with Crippen molar-refractivity contribution < 1.29 is 4.79 Å². The van der Waals surface area contributed by atoms with E-state index in [1.54, 1.807) is 0 Å². The molecule has 2 atom stereocenters. The SMILES string of the molecule is CCC(Br)C(Br)C1=Cc2ccccc2C(=O)C1. The first-order valence-electron chi connectivity index (χ1n) is 5.74. The molecular formula is C14H14Br2O. The van der Waals surface area contributed by atoms with Gasteiger partial charge in [-0.1, -0.05) is 69.1 Å². The Morgan fingerprint density at radius 1 is 1.29 bits per heavy atom. The normalized spacial score (nSPS) is 18.3. The van der Waals surface area contributed by atoms with Crippen LogP contribution in [-0.2, 0) is 0 Å². The molecule has 0 heterocycles.